The first kappa shape index (κ1) is 34.0. The van der Waals surface area contributed by atoms with E-state index in [0.29, 0.717) is 0 Å². The molecule has 57 heavy (non-hydrogen) atoms. The number of fused-ring (bicyclic) bond motifs is 3. The van der Waals surface area contributed by atoms with Crippen molar-refractivity contribution in [3.8, 4) is 55.6 Å². The van der Waals surface area contributed by atoms with Crippen molar-refractivity contribution in [2.75, 3.05) is 4.90 Å². The molecule has 0 N–H and O–H groups in total. The molecule has 0 amide bonds. The number of anilines is 3. The van der Waals surface area contributed by atoms with E-state index >= 15 is 0 Å². The summed E-state index contributed by atoms with van der Waals surface area (Å²) in [7, 11) is 0. The summed E-state index contributed by atoms with van der Waals surface area (Å²) >= 11 is 0. The van der Waals surface area contributed by atoms with Gasteiger partial charge in [-0.2, -0.15) is 0 Å². The maximum atomic E-state index is 2.48. The van der Waals surface area contributed by atoms with Crippen LogP contribution in [0.1, 0.15) is 0 Å². The highest BCUT2D eigenvalue weighted by molar-refractivity contribution is 6.22. The Morgan fingerprint density at radius 2 is 0.614 bits per heavy atom. The van der Waals surface area contributed by atoms with Crippen LogP contribution in [0.2, 0.25) is 0 Å². The van der Waals surface area contributed by atoms with E-state index in [1.807, 2.05) is 0 Å². The van der Waals surface area contributed by atoms with Crippen LogP contribution >= 0.6 is 0 Å². The van der Waals surface area contributed by atoms with Gasteiger partial charge in [0.25, 0.3) is 0 Å². The number of rotatable bonds is 8. The minimum absolute atomic E-state index is 1.09. The van der Waals surface area contributed by atoms with Crippen LogP contribution < -0.4 is 4.90 Å². The molecule has 0 aromatic heterocycles. The Kier molecular flexibility index (Phi) is 8.95. The standard InChI is InChI=1S/C56H39N/c1-5-17-40(18-6-1)42-29-33-45(34-30-42)49-38-37-48(39-54(49)44-21-9-3-10-22-44)57(47-23-11-4-12-24-47)56-53-28-16-14-26-51(53)50-25-13-15-27-52(50)55(56)46-35-31-43(32-36-46)41-19-7-2-8-20-41/h1-39H. The van der Waals surface area contributed by atoms with Gasteiger partial charge in [-0.25, -0.2) is 0 Å². The summed E-state index contributed by atoms with van der Waals surface area (Å²) in [6.07, 6.45) is 0. The van der Waals surface area contributed by atoms with Gasteiger partial charge in [-0.05, 0) is 90.5 Å². The summed E-state index contributed by atoms with van der Waals surface area (Å²) in [6, 6.07) is 85.7. The van der Waals surface area contributed by atoms with Gasteiger partial charge in [0.05, 0.1) is 5.69 Å². The molecule has 0 heterocycles. The Hall–Kier alpha value is -7.48. The Morgan fingerprint density at radius 3 is 1.18 bits per heavy atom. The molecule has 0 saturated carbocycles. The lowest BCUT2D eigenvalue weighted by Crippen LogP contribution is -2.12. The van der Waals surface area contributed by atoms with E-state index < -0.39 is 0 Å². The summed E-state index contributed by atoms with van der Waals surface area (Å²) in [5.74, 6) is 0. The molecule has 10 aromatic rings. The van der Waals surface area contributed by atoms with Crippen molar-refractivity contribution in [3.05, 3.63) is 237 Å². The zero-order valence-electron chi connectivity index (χ0n) is 31.5. The molecule has 10 rings (SSSR count). The van der Waals surface area contributed by atoms with Gasteiger partial charge in [-0.15, -0.1) is 0 Å². The second kappa shape index (κ2) is 15.0. The molecule has 0 unspecified atom stereocenters. The van der Waals surface area contributed by atoms with E-state index in [0.717, 1.165) is 17.1 Å². The zero-order chi connectivity index (χ0) is 38.0. The topological polar surface area (TPSA) is 3.24 Å². The van der Waals surface area contributed by atoms with Crippen LogP contribution in [0.3, 0.4) is 0 Å². The summed E-state index contributed by atoms with van der Waals surface area (Å²) in [4.78, 5) is 2.48. The van der Waals surface area contributed by atoms with Gasteiger partial charge in [-0.1, -0.05) is 212 Å². The van der Waals surface area contributed by atoms with E-state index in [1.54, 1.807) is 0 Å². The zero-order valence-corrected chi connectivity index (χ0v) is 31.5. The highest BCUT2D eigenvalue weighted by Gasteiger charge is 2.24. The molecule has 0 radical (unpaired) electrons. The van der Waals surface area contributed by atoms with Crippen LogP contribution in [0.5, 0.6) is 0 Å². The van der Waals surface area contributed by atoms with E-state index in [1.165, 1.54) is 77.2 Å². The van der Waals surface area contributed by atoms with Crippen LogP contribution in [0.15, 0.2) is 237 Å². The molecule has 0 fully saturated rings. The molecule has 1 heteroatoms. The Bertz CT molecular complexity index is 2950. The fourth-order valence-electron chi connectivity index (χ4n) is 8.34. The van der Waals surface area contributed by atoms with Gasteiger partial charge in [0.2, 0.25) is 0 Å². The lowest BCUT2D eigenvalue weighted by Gasteiger charge is -2.31. The van der Waals surface area contributed by atoms with Gasteiger partial charge >= 0.3 is 0 Å². The SMILES string of the molecule is c1ccc(-c2ccc(-c3ccc(N(c4ccccc4)c4c(-c5ccc(-c6ccccc6)cc5)c5ccccc5c5ccccc45)cc3-c3ccccc3)cc2)cc1. The van der Waals surface area contributed by atoms with E-state index in [4.69, 9.17) is 0 Å². The lowest BCUT2D eigenvalue weighted by molar-refractivity contribution is 1.30. The van der Waals surface area contributed by atoms with Crippen molar-refractivity contribution >= 4 is 38.6 Å². The van der Waals surface area contributed by atoms with Crippen LogP contribution in [0.25, 0.3) is 77.2 Å². The number of hydrogen-bond donors (Lipinski definition) is 0. The highest BCUT2D eigenvalue weighted by atomic mass is 15.1. The van der Waals surface area contributed by atoms with Crippen LogP contribution in [0.4, 0.5) is 17.1 Å². The van der Waals surface area contributed by atoms with Gasteiger partial charge in [-0.3, -0.25) is 0 Å². The van der Waals surface area contributed by atoms with Gasteiger partial charge in [0.15, 0.2) is 0 Å². The molecule has 0 spiro atoms. The van der Waals surface area contributed by atoms with Crippen LogP contribution in [0, 0.1) is 0 Å². The first-order chi connectivity index (χ1) is 28.3. The van der Waals surface area contributed by atoms with Crippen molar-refractivity contribution in [1.82, 2.24) is 0 Å². The first-order valence-electron chi connectivity index (χ1n) is 19.6. The maximum absolute atomic E-state index is 2.48. The van der Waals surface area contributed by atoms with Crippen LogP contribution in [-0.2, 0) is 0 Å². The summed E-state index contributed by atoms with van der Waals surface area (Å²) in [5, 5.41) is 4.89. The molecule has 0 atom stereocenters. The van der Waals surface area contributed by atoms with E-state index in [2.05, 4.69) is 241 Å². The van der Waals surface area contributed by atoms with Gasteiger partial charge in [0.1, 0.15) is 0 Å². The minimum atomic E-state index is 1.09. The fraction of sp³-hybridized carbons (Fsp3) is 0. The molecule has 1 nitrogen and oxygen atoms in total. The second-order valence-electron chi connectivity index (χ2n) is 14.5. The normalized spacial score (nSPS) is 11.2. The predicted molar refractivity (Wildman–Crippen MR) is 243 cm³/mol. The highest BCUT2D eigenvalue weighted by Crippen LogP contribution is 2.50. The van der Waals surface area contributed by atoms with Crippen LogP contribution in [-0.4, -0.2) is 0 Å². The third-order valence-corrected chi connectivity index (χ3v) is 11.1. The van der Waals surface area contributed by atoms with Gasteiger partial charge in [0, 0.05) is 22.3 Å². The molecule has 0 aliphatic heterocycles. The van der Waals surface area contributed by atoms with Crippen molar-refractivity contribution in [1.29, 1.82) is 0 Å². The third-order valence-electron chi connectivity index (χ3n) is 11.1. The summed E-state index contributed by atoms with van der Waals surface area (Å²) < 4.78 is 0. The quantitative estimate of drug-likeness (QED) is 0.141. The number of nitrogens with zero attached hydrogens (tertiary/aromatic N) is 1. The molecule has 0 aliphatic rings. The number of benzene rings is 10. The smallest absolute Gasteiger partial charge is 0.0624 e. The first-order valence-corrected chi connectivity index (χ1v) is 19.6. The Labute approximate surface area is 334 Å². The van der Waals surface area contributed by atoms with Crippen molar-refractivity contribution in [3.63, 3.8) is 0 Å². The molecular formula is C56H39N. The van der Waals surface area contributed by atoms with Gasteiger partial charge < -0.3 is 4.90 Å². The second-order valence-corrected chi connectivity index (χ2v) is 14.5. The van der Waals surface area contributed by atoms with E-state index in [-0.39, 0.29) is 0 Å². The van der Waals surface area contributed by atoms with Crippen molar-refractivity contribution in [2.24, 2.45) is 0 Å². The summed E-state index contributed by atoms with van der Waals surface area (Å²) in [5.41, 5.74) is 15.3. The molecule has 10 aromatic carbocycles. The average molecular weight is 726 g/mol. The molecule has 0 aliphatic carbocycles. The van der Waals surface area contributed by atoms with Crippen molar-refractivity contribution in [2.45, 2.75) is 0 Å². The molecule has 0 saturated heterocycles. The number of hydrogen-bond acceptors (Lipinski definition) is 1. The molecular weight excluding hydrogens is 687 g/mol. The largest absolute Gasteiger partial charge is 0.309 e. The Balaban J connectivity index is 1.22. The molecule has 0 bridgehead atoms. The summed E-state index contributed by atoms with van der Waals surface area (Å²) in [6.45, 7) is 0. The predicted octanol–water partition coefficient (Wildman–Crippen LogP) is 15.8. The fourth-order valence-corrected chi connectivity index (χ4v) is 8.34. The Morgan fingerprint density at radius 1 is 0.228 bits per heavy atom. The third kappa shape index (κ3) is 6.46. The monoisotopic (exact) mass is 725 g/mol. The van der Waals surface area contributed by atoms with Crippen molar-refractivity contribution < 1.29 is 0 Å². The lowest BCUT2D eigenvalue weighted by atomic mass is 9.88. The van der Waals surface area contributed by atoms with E-state index in [9.17, 15) is 0 Å². The minimum Gasteiger partial charge on any atom is -0.309 e. The maximum Gasteiger partial charge on any atom is 0.0624 e. The number of para-hydroxylation sites is 1. The molecule has 268 valence electrons. The average Bonchev–Trinajstić information content (AvgIpc) is 3.30.